The van der Waals surface area contributed by atoms with Gasteiger partial charge in [-0.15, -0.1) is 0 Å². The molecular formula is C16H33N. The lowest BCUT2D eigenvalue weighted by Crippen LogP contribution is -2.48. The molecule has 17 heavy (non-hydrogen) atoms. The van der Waals surface area contributed by atoms with E-state index in [4.69, 9.17) is 0 Å². The molecule has 0 aromatic rings. The molecule has 0 spiro atoms. The summed E-state index contributed by atoms with van der Waals surface area (Å²) in [4.78, 5) is 0. The van der Waals surface area contributed by atoms with Crippen molar-refractivity contribution in [2.24, 2.45) is 11.3 Å². The summed E-state index contributed by atoms with van der Waals surface area (Å²) < 4.78 is 0. The van der Waals surface area contributed by atoms with Gasteiger partial charge in [0.15, 0.2) is 0 Å². The highest BCUT2D eigenvalue weighted by atomic mass is 15.0. The number of hydrogen-bond acceptors (Lipinski definition) is 1. The monoisotopic (exact) mass is 239 g/mol. The first-order valence-corrected chi connectivity index (χ1v) is 7.75. The van der Waals surface area contributed by atoms with Gasteiger partial charge in [-0.05, 0) is 37.0 Å². The second-order valence-corrected chi connectivity index (χ2v) is 6.81. The molecule has 1 aliphatic rings. The molecule has 3 unspecified atom stereocenters. The summed E-state index contributed by atoms with van der Waals surface area (Å²) in [6.45, 7) is 11.9. The summed E-state index contributed by atoms with van der Waals surface area (Å²) in [5, 5.41) is 3.96. The Bertz CT molecular complexity index is 210. The smallest absolute Gasteiger partial charge is 0.0121 e. The van der Waals surface area contributed by atoms with Gasteiger partial charge in [-0.2, -0.15) is 0 Å². The van der Waals surface area contributed by atoms with E-state index in [1.165, 1.54) is 44.9 Å². The van der Waals surface area contributed by atoms with Gasteiger partial charge in [-0.25, -0.2) is 0 Å². The molecule has 1 fully saturated rings. The fourth-order valence-electron chi connectivity index (χ4n) is 3.09. The van der Waals surface area contributed by atoms with E-state index in [1.54, 1.807) is 0 Å². The molecule has 0 amide bonds. The van der Waals surface area contributed by atoms with Crippen molar-refractivity contribution < 1.29 is 0 Å². The van der Waals surface area contributed by atoms with E-state index in [-0.39, 0.29) is 0 Å². The molecule has 0 saturated heterocycles. The summed E-state index contributed by atoms with van der Waals surface area (Å²) in [6, 6.07) is 1.47. The zero-order valence-electron chi connectivity index (χ0n) is 12.7. The first kappa shape index (κ1) is 15.0. The van der Waals surface area contributed by atoms with Crippen LogP contribution in [-0.2, 0) is 0 Å². The van der Waals surface area contributed by atoms with Gasteiger partial charge in [0.05, 0.1) is 0 Å². The lowest BCUT2D eigenvalue weighted by atomic mass is 9.73. The van der Waals surface area contributed by atoms with E-state index >= 15 is 0 Å². The zero-order chi connectivity index (χ0) is 12.9. The second-order valence-electron chi connectivity index (χ2n) is 6.81. The fraction of sp³-hybridized carbons (Fsp3) is 1.00. The number of hydrogen-bond donors (Lipinski definition) is 1. The molecule has 3 atom stereocenters. The maximum absolute atomic E-state index is 3.96. The highest BCUT2D eigenvalue weighted by Crippen LogP contribution is 2.36. The molecule has 1 nitrogen and oxygen atoms in total. The van der Waals surface area contributed by atoms with Crippen LogP contribution in [-0.4, -0.2) is 12.1 Å². The van der Waals surface area contributed by atoms with Gasteiger partial charge >= 0.3 is 0 Å². The van der Waals surface area contributed by atoms with Crippen LogP contribution in [0, 0.1) is 11.3 Å². The summed E-state index contributed by atoms with van der Waals surface area (Å²) >= 11 is 0. The Morgan fingerprint density at radius 1 is 1.18 bits per heavy atom. The Balaban J connectivity index is 2.48. The van der Waals surface area contributed by atoms with Gasteiger partial charge in [-0.1, -0.05) is 53.9 Å². The molecule has 1 aliphatic carbocycles. The van der Waals surface area contributed by atoms with Crippen LogP contribution < -0.4 is 5.32 Å². The maximum Gasteiger partial charge on any atom is 0.0121 e. The summed E-state index contributed by atoms with van der Waals surface area (Å²) in [5.74, 6) is 0.860. The van der Waals surface area contributed by atoms with Crippen molar-refractivity contribution in [2.45, 2.75) is 91.6 Å². The highest BCUT2D eigenvalue weighted by molar-refractivity contribution is 4.89. The predicted octanol–water partition coefficient (Wildman–Crippen LogP) is 4.76. The van der Waals surface area contributed by atoms with Gasteiger partial charge in [0, 0.05) is 12.1 Å². The van der Waals surface area contributed by atoms with Crippen LogP contribution in [0.5, 0.6) is 0 Å². The Kier molecular flexibility index (Phi) is 5.99. The van der Waals surface area contributed by atoms with Crippen LogP contribution in [0.1, 0.15) is 79.6 Å². The number of nitrogens with one attached hydrogen (secondary N) is 1. The Morgan fingerprint density at radius 2 is 1.88 bits per heavy atom. The summed E-state index contributed by atoms with van der Waals surface area (Å²) in [5.41, 5.74) is 0.501. The Labute approximate surface area is 109 Å². The minimum Gasteiger partial charge on any atom is -0.311 e. The van der Waals surface area contributed by atoms with Crippen molar-refractivity contribution in [1.29, 1.82) is 0 Å². The van der Waals surface area contributed by atoms with Crippen LogP contribution in [0.4, 0.5) is 0 Å². The molecule has 0 heterocycles. The molecule has 1 rings (SSSR count). The molecule has 102 valence electrons. The van der Waals surface area contributed by atoms with Gasteiger partial charge in [-0.3, -0.25) is 0 Å². The summed E-state index contributed by atoms with van der Waals surface area (Å²) in [6.07, 6.45) is 9.55. The molecule has 0 aromatic carbocycles. The minimum atomic E-state index is 0.501. The maximum atomic E-state index is 3.96. The lowest BCUT2D eigenvalue weighted by molar-refractivity contribution is 0.148. The number of rotatable bonds is 6. The van der Waals surface area contributed by atoms with Crippen molar-refractivity contribution in [1.82, 2.24) is 5.32 Å². The standard InChI is InChI=1S/C16H33N/c1-6-13(3)12-14(7-2)17-15-10-8-9-11-16(15,4)5/h13-15,17H,6-12H2,1-5H3. The predicted molar refractivity (Wildman–Crippen MR) is 77.3 cm³/mol. The minimum absolute atomic E-state index is 0.501. The van der Waals surface area contributed by atoms with Crippen LogP contribution >= 0.6 is 0 Å². The molecule has 0 aliphatic heterocycles. The van der Waals surface area contributed by atoms with E-state index in [0.29, 0.717) is 5.41 Å². The zero-order valence-corrected chi connectivity index (χ0v) is 12.7. The third kappa shape index (κ3) is 4.62. The van der Waals surface area contributed by atoms with Gasteiger partial charge in [0.25, 0.3) is 0 Å². The first-order valence-electron chi connectivity index (χ1n) is 7.75. The Hall–Kier alpha value is -0.0400. The summed E-state index contributed by atoms with van der Waals surface area (Å²) in [7, 11) is 0. The van der Waals surface area contributed by atoms with Gasteiger partial charge in [0.1, 0.15) is 0 Å². The van der Waals surface area contributed by atoms with Crippen molar-refractivity contribution in [3.05, 3.63) is 0 Å². The van der Waals surface area contributed by atoms with E-state index < -0.39 is 0 Å². The van der Waals surface area contributed by atoms with Crippen LogP contribution in [0.15, 0.2) is 0 Å². The van der Waals surface area contributed by atoms with E-state index in [1.807, 2.05) is 0 Å². The first-order chi connectivity index (χ1) is 7.99. The van der Waals surface area contributed by atoms with Crippen LogP contribution in [0.25, 0.3) is 0 Å². The van der Waals surface area contributed by atoms with E-state index in [2.05, 4.69) is 39.9 Å². The molecule has 0 radical (unpaired) electrons. The average Bonchev–Trinajstić information content (AvgIpc) is 2.30. The second kappa shape index (κ2) is 6.78. The third-order valence-electron chi connectivity index (χ3n) is 4.82. The molecule has 1 N–H and O–H groups in total. The Morgan fingerprint density at radius 3 is 2.41 bits per heavy atom. The van der Waals surface area contributed by atoms with Crippen molar-refractivity contribution in [3.63, 3.8) is 0 Å². The SMILES string of the molecule is CCC(C)CC(CC)NC1CCCCC1(C)C. The van der Waals surface area contributed by atoms with Crippen molar-refractivity contribution in [2.75, 3.05) is 0 Å². The van der Waals surface area contributed by atoms with Crippen LogP contribution in [0.3, 0.4) is 0 Å². The lowest BCUT2D eigenvalue weighted by Gasteiger charge is -2.41. The van der Waals surface area contributed by atoms with Crippen molar-refractivity contribution >= 4 is 0 Å². The molecular weight excluding hydrogens is 206 g/mol. The third-order valence-corrected chi connectivity index (χ3v) is 4.82. The molecule has 0 aromatic heterocycles. The van der Waals surface area contributed by atoms with E-state index in [9.17, 15) is 0 Å². The molecule has 0 bridgehead atoms. The fourth-order valence-corrected chi connectivity index (χ4v) is 3.09. The largest absolute Gasteiger partial charge is 0.311 e. The molecule has 1 heteroatoms. The normalized spacial score (nSPS) is 27.7. The molecule has 1 saturated carbocycles. The van der Waals surface area contributed by atoms with E-state index in [0.717, 1.165) is 18.0 Å². The van der Waals surface area contributed by atoms with Gasteiger partial charge < -0.3 is 5.32 Å². The average molecular weight is 239 g/mol. The highest BCUT2D eigenvalue weighted by Gasteiger charge is 2.33. The topological polar surface area (TPSA) is 12.0 Å². The van der Waals surface area contributed by atoms with Crippen molar-refractivity contribution in [3.8, 4) is 0 Å². The van der Waals surface area contributed by atoms with Gasteiger partial charge in [0.2, 0.25) is 0 Å². The van der Waals surface area contributed by atoms with Crippen LogP contribution in [0.2, 0.25) is 0 Å². The quantitative estimate of drug-likeness (QED) is 0.704.